The van der Waals surface area contributed by atoms with Crippen LogP contribution in [0.2, 0.25) is 0 Å². The fraction of sp³-hybridized carbons (Fsp3) is 0.294. The number of benzene rings is 1. The van der Waals surface area contributed by atoms with Crippen LogP contribution in [0.4, 0.5) is 0 Å². The Balaban J connectivity index is 2.05. The molecular formula is C17H19N5OS. The first-order chi connectivity index (χ1) is 11.6. The third-order valence-electron chi connectivity index (χ3n) is 3.35. The first-order valence-electron chi connectivity index (χ1n) is 7.53. The lowest BCUT2D eigenvalue weighted by atomic mass is 10.1. The Morgan fingerprint density at radius 2 is 2.08 bits per heavy atom. The monoisotopic (exact) mass is 341 g/mol. The Labute approximate surface area is 145 Å². The number of nitrogens with one attached hydrogen (secondary N) is 1. The van der Waals surface area contributed by atoms with Crippen LogP contribution in [0.25, 0.3) is 11.3 Å². The molecule has 0 unspecified atom stereocenters. The third kappa shape index (κ3) is 4.96. The van der Waals surface area contributed by atoms with Crippen molar-refractivity contribution in [3.8, 4) is 17.5 Å². The van der Waals surface area contributed by atoms with Crippen LogP contribution >= 0.6 is 11.8 Å². The summed E-state index contributed by atoms with van der Waals surface area (Å²) in [7, 11) is 0. The van der Waals surface area contributed by atoms with Crippen molar-refractivity contribution in [2.45, 2.75) is 19.9 Å². The number of nitriles is 1. The molecule has 0 bridgehead atoms. The number of aromatic nitrogens is 2. The normalized spacial score (nSPS) is 11.1. The number of rotatable bonds is 5. The van der Waals surface area contributed by atoms with Crippen molar-refractivity contribution in [3.63, 3.8) is 0 Å². The van der Waals surface area contributed by atoms with Crippen LogP contribution in [0.15, 0.2) is 46.2 Å². The fourth-order valence-corrected chi connectivity index (χ4v) is 2.46. The lowest BCUT2D eigenvalue weighted by molar-refractivity contribution is 0.556. The number of thioether (sulfide) groups is 1. The summed E-state index contributed by atoms with van der Waals surface area (Å²) in [5.41, 5.74) is 2.81. The van der Waals surface area contributed by atoms with Crippen molar-refractivity contribution in [2.75, 3.05) is 12.8 Å². The molecule has 2 aromatic rings. The van der Waals surface area contributed by atoms with Crippen LogP contribution in [-0.4, -0.2) is 27.7 Å². The van der Waals surface area contributed by atoms with Gasteiger partial charge in [-0.2, -0.15) is 10.4 Å². The molecule has 1 N–H and O–H groups in total. The van der Waals surface area contributed by atoms with Gasteiger partial charge in [0, 0.05) is 24.7 Å². The number of nitrogens with zero attached hydrogens (tertiary/aromatic N) is 4. The van der Waals surface area contributed by atoms with E-state index in [4.69, 9.17) is 5.26 Å². The molecule has 0 aliphatic rings. The molecule has 0 spiro atoms. The van der Waals surface area contributed by atoms with E-state index < -0.39 is 0 Å². The predicted octanol–water partition coefficient (Wildman–Crippen LogP) is 2.40. The predicted molar refractivity (Wildman–Crippen MR) is 97.9 cm³/mol. The second-order valence-corrected chi connectivity index (χ2v) is 5.92. The van der Waals surface area contributed by atoms with Crippen molar-refractivity contribution < 1.29 is 0 Å². The second kappa shape index (κ2) is 8.89. The van der Waals surface area contributed by atoms with Crippen molar-refractivity contribution in [2.24, 2.45) is 4.99 Å². The molecule has 0 saturated carbocycles. The van der Waals surface area contributed by atoms with Crippen molar-refractivity contribution in [1.82, 2.24) is 15.1 Å². The summed E-state index contributed by atoms with van der Waals surface area (Å²) in [4.78, 5) is 16.2. The average Bonchev–Trinajstić information content (AvgIpc) is 2.60. The van der Waals surface area contributed by atoms with Gasteiger partial charge in [0.05, 0.1) is 5.69 Å². The Kier molecular flexibility index (Phi) is 6.58. The maximum Gasteiger partial charge on any atom is 0.266 e. The highest BCUT2D eigenvalue weighted by Crippen LogP contribution is 2.15. The average molecular weight is 341 g/mol. The van der Waals surface area contributed by atoms with Crippen LogP contribution in [0.5, 0.6) is 0 Å². The van der Waals surface area contributed by atoms with Crippen molar-refractivity contribution in [3.05, 3.63) is 52.3 Å². The lowest BCUT2D eigenvalue weighted by Gasteiger charge is -2.07. The molecule has 1 aromatic carbocycles. The van der Waals surface area contributed by atoms with E-state index in [-0.39, 0.29) is 5.56 Å². The van der Waals surface area contributed by atoms with E-state index in [1.54, 1.807) is 6.07 Å². The molecule has 0 aliphatic heterocycles. The van der Waals surface area contributed by atoms with Gasteiger partial charge >= 0.3 is 0 Å². The summed E-state index contributed by atoms with van der Waals surface area (Å²) >= 11 is 1.38. The van der Waals surface area contributed by atoms with E-state index in [9.17, 15) is 4.79 Å². The Morgan fingerprint density at radius 1 is 1.33 bits per heavy atom. The molecular weight excluding hydrogens is 322 g/mol. The summed E-state index contributed by atoms with van der Waals surface area (Å²) in [6.07, 6.45) is 4.36. The van der Waals surface area contributed by atoms with Gasteiger partial charge in [-0.15, -0.1) is 0 Å². The van der Waals surface area contributed by atoms with Gasteiger partial charge in [-0.1, -0.05) is 41.6 Å². The molecule has 7 heteroatoms. The molecule has 6 nitrogen and oxygen atoms in total. The highest BCUT2D eigenvalue weighted by Gasteiger charge is 2.03. The SMILES string of the molecule is CSC(=NCCCn1nc(-c2ccc(C)cc2)ccc1=O)NC#N. The van der Waals surface area contributed by atoms with Crippen molar-refractivity contribution in [1.29, 1.82) is 5.26 Å². The minimum atomic E-state index is -0.130. The van der Waals surface area contributed by atoms with Gasteiger partial charge in [0.2, 0.25) is 0 Å². The van der Waals surface area contributed by atoms with Gasteiger partial charge in [-0.05, 0) is 25.7 Å². The van der Waals surface area contributed by atoms with Gasteiger partial charge in [-0.25, -0.2) is 4.68 Å². The molecule has 0 atom stereocenters. The smallest absolute Gasteiger partial charge is 0.266 e. The van der Waals surface area contributed by atoms with E-state index in [1.165, 1.54) is 28.1 Å². The Morgan fingerprint density at radius 3 is 2.75 bits per heavy atom. The standard InChI is InChI=1S/C17H19N5OS/c1-13-4-6-14(7-5-13)15-8-9-16(23)22(21-15)11-3-10-19-17(24-2)20-12-18/h4-9H,3,10-11H2,1-2H3,(H,19,20). The first kappa shape index (κ1) is 17.8. The molecule has 0 fully saturated rings. The molecule has 124 valence electrons. The molecule has 0 aliphatic carbocycles. The summed E-state index contributed by atoms with van der Waals surface area (Å²) in [6.45, 7) is 3.03. The highest BCUT2D eigenvalue weighted by atomic mass is 32.2. The van der Waals surface area contributed by atoms with E-state index in [1.807, 2.05) is 43.6 Å². The van der Waals surface area contributed by atoms with E-state index in [2.05, 4.69) is 15.4 Å². The second-order valence-electron chi connectivity index (χ2n) is 5.13. The summed E-state index contributed by atoms with van der Waals surface area (Å²) in [6, 6.07) is 11.3. The molecule has 0 amide bonds. The summed E-state index contributed by atoms with van der Waals surface area (Å²) in [5.74, 6) is 0. The highest BCUT2D eigenvalue weighted by molar-refractivity contribution is 8.13. The maximum absolute atomic E-state index is 11.9. The molecule has 24 heavy (non-hydrogen) atoms. The zero-order chi connectivity index (χ0) is 17.4. The summed E-state index contributed by atoms with van der Waals surface area (Å²) in [5, 5.41) is 16.1. The van der Waals surface area contributed by atoms with Gasteiger partial charge < -0.3 is 0 Å². The number of hydrogen-bond donors (Lipinski definition) is 1. The first-order valence-corrected chi connectivity index (χ1v) is 8.75. The summed E-state index contributed by atoms with van der Waals surface area (Å²) < 4.78 is 1.46. The zero-order valence-electron chi connectivity index (χ0n) is 13.7. The number of aryl methyl sites for hydroxylation is 2. The molecule has 0 saturated heterocycles. The van der Waals surface area contributed by atoms with Crippen molar-refractivity contribution >= 4 is 16.9 Å². The number of amidine groups is 1. The number of hydrogen-bond acceptors (Lipinski definition) is 5. The fourth-order valence-electron chi connectivity index (χ4n) is 2.09. The van der Waals surface area contributed by atoms with Gasteiger partial charge in [-0.3, -0.25) is 15.1 Å². The van der Waals surface area contributed by atoms with Crippen LogP contribution in [0.3, 0.4) is 0 Å². The molecule has 2 rings (SSSR count). The minimum absolute atomic E-state index is 0.130. The zero-order valence-corrected chi connectivity index (χ0v) is 14.5. The van der Waals surface area contributed by atoms with Crippen LogP contribution in [0, 0.1) is 18.4 Å². The van der Waals surface area contributed by atoms with Crippen LogP contribution < -0.4 is 10.9 Å². The van der Waals surface area contributed by atoms with Crippen LogP contribution in [-0.2, 0) is 6.54 Å². The van der Waals surface area contributed by atoms with E-state index in [0.717, 1.165) is 11.3 Å². The van der Waals surface area contributed by atoms with E-state index in [0.29, 0.717) is 24.7 Å². The minimum Gasteiger partial charge on any atom is -0.272 e. The third-order valence-corrected chi connectivity index (χ3v) is 3.97. The Hall–Kier alpha value is -2.59. The van der Waals surface area contributed by atoms with Gasteiger partial charge in [0.15, 0.2) is 11.4 Å². The van der Waals surface area contributed by atoms with Gasteiger partial charge in [0.1, 0.15) is 0 Å². The molecule has 0 radical (unpaired) electrons. The molecule has 1 aromatic heterocycles. The Bertz CT molecular complexity index is 805. The molecule has 1 heterocycles. The maximum atomic E-state index is 11.9. The number of aliphatic imine (C=N–C) groups is 1. The van der Waals surface area contributed by atoms with Gasteiger partial charge in [0.25, 0.3) is 5.56 Å². The van der Waals surface area contributed by atoms with Crippen LogP contribution in [0.1, 0.15) is 12.0 Å². The quantitative estimate of drug-likeness (QED) is 0.297. The van der Waals surface area contributed by atoms with E-state index >= 15 is 0 Å². The largest absolute Gasteiger partial charge is 0.272 e. The topological polar surface area (TPSA) is 83.1 Å². The lowest BCUT2D eigenvalue weighted by Crippen LogP contribution is -2.23.